The molecule has 4 aromatic rings. The molecule has 0 aliphatic carbocycles. The molecule has 2 amide bonds. The zero-order valence-electron chi connectivity index (χ0n) is 22.6. The molecule has 1 atom stereocenters. The van der Waals surface area contributed by atoms with E-state index in [1.807, 2.05) is 20.8 Å². The molecular weight excluding hydrogens is 515 g/mol. The van der Waals surface area contributed by atoms with Crippen LogP contribution in [0.2, 0.25) is 0 Å². The van der Waals surface area contributed by atoms with E-state index in [1.165, 1.54) is 12.1 Å². The number of carbonyl (C=O) groups is 2. The van der Waals surface area contributed by atoms with Crippen LogP contribution in [0.15, 0.2) is 47.6 Å². The third-order valence-electron chi connectivity index (χ3n) is 6.78. The van der Waals surface area contributed by atoms with Gasteiger partial charge in [0.05, 0.1) is 5.39 Å². The van der Waals surface area contributed by atoms with E-state index >= 15 is 4.39 Å². The first kappa shape index (κ1) is 27.0. The van der Waals surface area contributed by atoms with Crippen LogP contribution in [0, 0.1) is 5.82 Å². The van der Waals surface area contributed by atoms with Crippen LogP contribution in [0.3, 0.4) is 0 Å². The minimum atomic E-state index is -0.552. The van der Waals surface area contributed by atoms with Crippen molar-refractivity contribution in [2.45, 2.75) is 51.6 Å². The van der Waals surface area contributed by atoms with E-state index in [0.29, 0.717) is 41.6 Å². The lowest BCUT2D eigenvalue weighted by Gasteiger charge is -2.32. The van der Waals surface area contributed by atoms with Gasteiger partial charge in [-0.1, -0.05) is 44.6 Å². The Hall–Kier alpha value is -4.61. The fourth-order valence-electron chi connectivity index (χ4n) is 4.65. The van der Waals surface area contributed by atoms with E-state index in [9.17, 15) is 9.59 Å². The van der Waals surface area contributed by atoms with Gasteiger partial charge in [-0.15, -0.1) is 0 Å². The van der Waals surface area contributed by atoms with Crippen LogP contribution in [0.25, 0.3) is 22.2 Å². The van der Waals surface area contributed by atoms with Crippen LogP contribution >= 0.6 is 0 Å². The number of H-pyrrole nitrogens is 1. The van der Waals surface area contributed by atoms with Crippen molar-refractivity contribution in [1.29, 1.82) is 0 Å². The maximum atomic E-state index is 15.2. The van der Waals surface area contributed by atoms with Crippen molar-refractivity contribution in [2.75, 3.05) is 18.4 Å². The van der Waals surface area contributed by atoms with Gasteiger partial charge in [-0.05, 0) is 42.2 Å². The van der Waals surface area contributed by atoms with Crippen molar-refractivity contribution < 1.29 is 18.5 Å². The maximum Gasteiger partial charge on any atom is 0.292 e. The standard InChI is InChI=1S/C28H31FN8O3/c1-5-21(38)37-12-6-7-18(15-37)32-24-22-19(10-11-30-23(22)34-35-24)16-8-9-17(20(29)13-16)14-31-26(39)25-33-27(40-36-25)28(2,3)4/h5,8-11,13,18H,1,6-7,12,14-15H2,2-4H3,(H,31,39)(H2,30,32,34,35)/t18-/m1/s1. The molecule has 3 N–H and O–H groups in total. The number of amides is 2. The van der Waals surface area contributed by atoms with Crippen LogP contribution < -0.4 is 10.6 Å². The largest absolute Gasteiger partial charge is 0.364 e. The van der Waals surface area contributed by atoms with Gasteiger partial charge in [0.25, 0.3) is 11.7 Å². The molecule has 0 unspecified atom stereocenters. The summed E-state index contributed by atoms with van der Waals surface area (Å²) in [6, 6.07) is 6.63. The second-order valence-corrected chi connectivity index (χ2v) is 10.8. The molecule has 5 rings (SSSR count). The Balaban J connectivity index is 1.33. The van der Waals surface area contributed by atoms with Crippen LogP contribution in [0.5, 0.6) is 0 Å². The minimum absolute atomic E-state index is 0.00128. The molecule has 12 heteroatoms. The summed E-state index contributed by atoms with van der Waals surface area (Å²) in [6.07, 6.45) is 4.69. The average molecular weight is 547 g/mol. The fourth-order valence-corrected chi connectivity index (χ4v) is 4.65. The van der Waals surface area contributed by atoms with E-state index in [0.717, 1.165) is 23.8 Å². The molecule has 3 aromatic heterocycles. The fraction of sp³-hybridized carbons (Fsp3) is 0.357. The van der Waals surface area contributed by atoms with Gasteiger partial charge in [0, 0.05) is 42.9 Å². The lowest BCUT2D eigenvalue weighted by atomic mass is 9.97. The number of nitrogens with zero attached hydrogens (tertiary/aromatic N) is 5. The normalized spacial score (nSPS) is 15.7. The summed E-state index contributed by atoms with van der Waals surface area (Å²) in [5.41, 5.74) is 1.84. The Kier molecular flexibility index (Phi) is 7.33. The maximum absolute atomic E-state index is 15.2. The number of aromatic nitrogens is 5. The summed E-state index contributed by atoms with van der Waals surface area (Å²) in [4.78, 5) is 34.8. The smallest absolute Gasteiger partial charge is 0.292 e. The summed E-state index contributed by atoms with van der Waals surface area (Å²) in [7, 11) is 0. The number of pyridine rings is 1. The van der Waals surface area contributed by atoms with E-state index < -0.39 is 17.1 Å². The highest BCUT2D eigenvalue weighted by Gasteiger charge is 2.25. The highest BCUT2D eigenvalue weighted by molar-refractivity contribution is 6.00. The lowest BCUT2D eigenvalue weighted by Crippen LogP contribution is -2.44. The van der Waals surface area contributed by atoms with Crippen molar-refractivity contribution >= 4 is 28.7 Å². The Morgan fingerprint density at radius 2 is 2.12 bits per heavy atom. The van der Waals surface area contributed by atoms with Crippen LogP contribution in [-0.2, 0) is 16.8 Å². The number of benzene rings is 1. The highest BCUT2D eigenvalue weighted by Crippen LogP contribution is 2.33. The predicted molar refractivity (Wildman–Crippen MR) is 147 cm³/mol. The number of likely N-dealkylation sites (tertiary alicyclic amines) is 1. The second kappa shape index (κ2) is 10.9. The number of piperidine rings is 1. The third kappa shape index (κ3) is 5.56. The molecule has 1 aromatic carbocycles. The molecule has 0 radical (unpaired) electrons. The van der Waals surface area contributed by atoms with E-state index in [-0.39, 0.29) is 24.3 Å². The molecule has 1 saturated heterocycles. The van der Waals surface area contributed by atoms with Crippen molar-refractivity contribution in [2.24, 2.45) is 0 Å². The number of nitrogens with one attached hydrogen (secondary N) is 3. The van der Waals surface area contributed by atoms with Crippen molar-refractivity contribution in [1.82, 2.24) is 35.5 Å². The Morgan fingerprint density at radius 3 is 2.85 bits per heavy atom. The molecule has 0 bridgehead atoms. The number of anilines is 1. The number of halogens is 1. The molecular formula is C28H31FN8O3. The number of aromatic amines is 1. The highest BCUT2D eigenvalue weighted by atomic mass is 19.1. The number of hydrogen-bond acceptors (Lipinski definition) is 8. The first-order chi connectivity index (χ1) is 19.1. The number of fused-ring (bicyclic) bond motifs is 1. The van der Waals surface area contributed by atoms with Crippen LogP contribution in [-0.4, -0.2) is 61.2 Å². The quantitative estimate of drug-likeness (QED) is 0.296. The minimum Gasteiger partial charge on any atom is -0.364 e. The molecule has 0 spiro atoms. The summed E-state index contributed by atoms with van der Waals surface area (Å²) >= 11 is 0. The first-order valence-corrected chi connectivity index (χ1v) is 13.1. The summed E-state index contributed by atoms with van der Waals surface area (Å²) in [6.45, 7) is 10.5. The van der Waals surface area contributed by atoms with Gasteiger partial charge < -0.3 is 20.1 Å². The molecule has 40 heavy (non-hydrogen) atoms. The first-order valence-electron chi connectivity index (χ1n) is 13.1. The van der Waals surface area contributed by atoms with Crippen LogP contribution in [0.4, 0.5) is 10.2 Å². The topological polar surface area (TPSA) is 142 Å². The Labute approximate surface area is 230 Å². The van der Waals surface area contributed by atoms with Crippen molar-refractivity contribution in [3.63, 3.8) is 0 Å². The van der Waals surface area contributed by atoms with E-state index in [1.54, 1.807) is 29.3 Å². The van der Waals surface area contributed by atoms with Gasteiger partial charge in [0.15, 0.2) is 11.5 Å². The van der Waals surface area contributed by atoms with Gasteiger partial charge in [-0.3, -0.25) is 14.7 Å². The molecule has 1 aliphatic rings. The van der Waals surface area contributed by atoms with Gasteiger partial charge in [0.1, 0.15) is 5.82 Å². The lowest BCUT2D eigenvalue weighted by molar-refractivity contribution is -0.127. The second-order valence-electron chi connectivity index (χ2n) is 10.8. The Bertz CT molecular complexity index is 1570. The van der Waals surface area contributed by atoms with Gasteiger partial charge in [0.2, 0.25) is 11.8 Å². The SMILES string of the molecule is C=CC(=O)N1CCC[C@@H](Nc2n[nH]c3nccc(-c4ccc(CNC(=O)c5noc(C(C)(C)C)n5)c(F)c4)c23)C1. The molecule has 11 nitrogen and oxygen atoms in total. The van der Waals surface area contributed by atoms with E-state index in [2.05, 4.69) is 42.5 Å². The third-order valence-corrected chi connectivity index (χ3v) is 6.78. The average Bonchev–Trinajstić information content (AvgIpc) is 3.60. The molecule has 4 heterocycles. The summed E-state index contributed by atoms with van der Waals surface area (Å²) < 4.78 is 20.4. The number of rotatable bonds is 7. The number of hydrogen-bond donors (Lipinski definition) is 3. The zero-order chi connectivity index (χ0) is 28.4. The molecule has 1 aliphatic heterocycles. The van der Waals surface area contributed by atoms with Gasteiger partial charge in [-0.2, -0.15) is 10.1 Å². The van der Waals surface area contributed by atoms with E-state index in [4.69, 9.17) is 4.52 Å². The molecule has 0 saturated carbocycles. The predicted octanol–water partition coefficient (Wildman–Crippen LogP) is 3.96. The molecule has 1 fully saturated rings. The summed E-state index contributed by atoms with van der Waals surface area (Å²) in [5.74, 6) is -0.298. The van der Waals surface area contributed by atoms with Gasteiger partial charge in [-0.25, -0.2) is 9.37 Å². The monoisotopic (exact) mass is 546 g/mol. The van der Waals surface area contributed by atoms with Gasteiger partial charge >= 0.3 is 0 Å². The zero-order valence-corrected chi connectivity index (χ0v) is 22.6. The van der Waals surface area contributed by atoms with Crippen LogP contribution in [0.1, 0.15) is 55.7 Å². The Morgan fingerprint density at radius 1 is 1.30 bits per heavy atom. The van der Waals surface area contributed by atoms with Crippen molar-refractivity contribution in [3.05, 3.63) is 66.2 Å². The number of carbonyl (C=O) groups excluding carboxylic acids is 2. The summed E-state index contributed by atoms with van der Waals surface area (Å²) in [5, 5.41) is 17.9. The molecule has 208 valence electrons. The van der Waals surface area contributed by atoms with Crippen molar-refractivity contribution in [3.8, 4) is 11.1 Å².